The van der Waals surface area contributed by atoms with Crippen LogP contribution in [0.1, 0.15) is 23.1 Å². The van der Waals surface area contributed by atoms with Crippen LogP contribution in [0.5, 0.6) is 0 Å². The highest BCUT2D eigenvalue weighted by molar-refractivity contribution is 5.89. The summed E-state index contributed by atoms with van der Waals surface area (Å²) in [6, 6.07) is 37.4. The lowest BCUT2D eigenvalue weighted by Gasteiger charge is -2.24. The summed E-state index contributed by atoms with van der Waals surface area (Å²) in [5.74, 6) is 0. The molecule has 2 N–H and O–H groups in total. The van der Waals surface area contributed by atoms with Gasteiger partial charge in [0.15, 0.2) is 0 Å². The summed E-state index contributed by atoms with van der Waals surface area (Å²) in [5.41, 5.74) is 6.93. The van der Waals surface area contributed by atoms with E-state index in [9.17, 15) is 4.79 Å². The molecule has 0 aliphatic carbocycles. The van der Waals surface area contributed by atoms with E-state index in [1.807, 2.05) is 35.2 Å². The molecule has 0 aliphatic rings. The topological polar surface area (TPSA) is 47.6 Å². The number of carbonyl (C=O) groups is 1. The van der Waals surface area contributed by atoms with Gasteiger partial charge in [0, 0.05) is 25.3 Å². The molecule has 4 aromatic rings. The predicted octanol–water partition coefficient (Wildman–Crippen LogP) is 6.67. The zero-order valence-electron chi connectivity index (χ0n) is 23.1. The van der Waals surface area contributed by atoms with E-state index in [-0.39, 0.29) is 6.03 Å². The minimum Gasteiger partial charge on any atom is -0.320 e. The Balaban J connectivity index is 1.31. The van der Waals surface area contributed by atoms with E-state index in [4.69, 9.17) is 0 Å². The molecule has 0 aliphatic heterocycles. The number of carbonyl (C=O) groups excluding carboxylic acids is 1. The van der Waals surface area contributed by atoms with Crippen molar-refractivity contribution in [3.8, 4) is 11.1 Å². The van der Waals surface area contributed by atoms with Crippen LogP contribution in [0.25, 0.3) is 11.1 Å². The summed E-state index contributed by atoms with van der Waals surface area (Å²) in [7, 11) is 4.12. The van der Waals surface area contributed by atoms with Crippen molar-refractivity contribution in [3.05, 3.63) is 126 Å². The maximum atomic E-state index is 13.1. The van der Waals surface area contributed by atoms with Gasteiger partial charge in [-0.25, -0.2) is 4.79 Å². The molecule has 0 spiro atoms. The molecular weight excluding hydrogens is 480 g/mol. The first-order valence-electron chi connectivity index (χ1n) is 13.8. The monoisotopic (exact) mass is 520 g/mol. The lowest BCUT2D eigenvalue weighted by atomic mass is 10.0. The second-order valence-electron chi connectivity index (χ2n) is 10.2. The molecule has 202 valence electrons. The van der Waals surface area contributed by atoms with E-state index in [1.165, 1.54) is 22.3 Å². The van der Waals surface area contributed by atoms with Gasteiger partial charge in [-0.05, 0) is 80.0 Å². The summed E-state index contributed by atoms with van der Waals surface area (Å²) in [5, 5.41) is 6.58. The number of para-hydroxylation sites is 1. The fourth-order valence-corrected chi connectivity index (χ4v) is 4.50. The Morgan fingerprint density at radius 2 is 1.26 bits per heavy atom. The molecule has 39 heavy (non-hydrogen) atoms. The SMILES string of the molecule is CN(C)CCCN(Cc1ccc(-c2ccc(CNCCc3ccccc3)cc2)cc1)C(=O)Nc1ccccc1. The fraction of sp³-hybridized carbons (Fsp3) is 0.265. The third-order valence-electron chi connectivity index (χ3n) is 6.72. The standard InChI is InChI=1S/C34H40N4O/c1-37(2)24-9-25-38(34(39)36-33-12-7-4-8-13-33)27-30-16-20-32(21-17-30)31-18-14-29(15-19-31)26-35-23-22-28-10-5-3-6-11-28/h3-8,10-21,35H,9,22-27H2,1-2H3,(H,36,39). The van der Waals surface area contributed by atoms with Gasteiger partial charge in [0.25, 0.3) is 0 Å². The van der Waals surface area contributed by atoms with Crippen LogP contribution in [0.3, 0.4) is 0 Å². The Morgan fingerprint density at radius 1 is 0.667 bits per heavy atom. The molecule has 4 rings (SSSR count). The Morgan fingerprint density at radius 3 is 1.87 bits per heavy atom. The largest absolute Gasteiger partial charge is 0.322 e. The van der Waals surface area contributed by atoms with E-state index in [0.717, 1.165) is 43.7 Å². The summed E-state index contributed by atoms with van der Waals surface area (Å²) in [4.78, 5) is 17.1. The Labute approximate surface area is 233 Å². The van der Waals surface area contributed by atoms with Gasteiger partial charge < -0.3 is 20.4 Å². The van der Waals surface area contributed by atoms with Gasteiger partial charge in [0.1, 0.15) is 0 Å². The molecule has 4 aromatic carbocycles. The fourth-order valence-electron chi connectivity index (χ4n) is 4.50. The predicted molar refractivity (Wildman–Crippen MR) is 163 cm³/mol. The van der Waals surface area contributed by atoms with Gasteiger partial charge in [-0.3, -0.25) is 0 Å². The number of nitrogens with zero attached hydrogens (tertiary/aromatic N) is 2. The molecule has 0 atom stereocenters. The molecule has 0 radical (unpaired) electrons. The Hall–Kier alpha value is -3.93. The van der Waals surface area contributed by atoms with Crippen molar-refractivity contribution in [2.75, 3.05) is 39.0 Å². The summed E-state index contributed by atoms with van der Waals surface area (Å²) in [6.45, 7) is 4.02. The number of amides is 2. The third-order valence-corrected chi connectivity index (χ3v) is 6.72. The average molecular weight is 521 g/mol. The number of benzene rings is 4. The van der Waals surface area contributed by atoms with Crippen LogP contribution in [0, 0.1) is 0 Å². The van der Waals surface area contributed by atoms with Gasteiger partial charge in [-0.2, -0.15) is 0 Å². The maximum absolute atomic E-state index is 13.1. The van der Waals surface area contributed by atoms with Crippen molar-refractivity contribution < 1.29 is 4.79 Å². The Bertz CT molecular complexity index is 1260. The van der Waals surface area contributed by atoms with E-state index >= 15 is 0 Å². The number of rotatable bonds is 13. The molecule has 2 amide bonds. The second-order valence-corrected chi connectivity index (χ2v) is 10.2. The molecule has 0 fully saturated rings. The second kappa shape index (κ2) is 14.9. The molecule has 0 bridgehead atoms. The van der Waals surface area contributed by atoms with Crippen molar-refractivity contribution in [3.63, 3.8) is 0 Å². The van der Waals surface area contributed by atoms with Crippen LogP contribution in [-0.2, 0) is 19.5 Å². The van der Waals surface area contributed by atoms with E-state index in [0.29, 0.717) is 13.1 Å². The molecular formula is C34H40N4O. The first-order chi connectivity index (χ1) is 19.1. The van der Waals surface area contributed by atoms with E-state index in [1.54, 1.807) is 0 Å². The van der Waals surface area contributed by atoms with Crippen LogP contribution >= 0.6 is 0 Å². The minimum absolute atomic E-state index is 0.0722. The van der Waals surface area contributed by atoms with Crippen LogP contribution in [-0.4, -0.2) is 49.6 Å². The summed E-state index contributed by atoms with van der Waals surface area (Å²) < 4.78 is 0. The first-order valence-corrected chi connectivity index (χ1v) is 13.8. The number of hydrogen-bond acceptors (Lipinski definition) is 3. The number of nitrogens with one attached hydrogen (secondary N) is 2. The lowest BCUT2D eigenvalue weighted by molar-refractivity contribution is 0.205. The third kappa shape index (κ3) is 9.40. The van der Waals surface area contributed by atoms with Gasteiger partial charge in [0.2, 0.25) is 0 Å². The molecule has 0 saturated carbocycles. The molecule has 5 heteroatoms. The van der Waals surface area contributed by atoms with Gasteiger partial charge >= 0.3 is 6.03 Å². The number of urea groups is 1. The molecule has 0 aromatic heterocycles. The van der Waals surface area contributed by atoms with Crippen molar-refractivity contribution in [1.82, 2.24) is 15.1 Å². The molecule has 0 saturated heterocycles. The quantitative estimate of drug-likeness (QED) is 0.194. The number of hydrogen-bond donors (Lipinski definition) is 2. The van der Waals surface area contributed by atoms with Crippen LogP contribution in [0.15, 0.2) is 109 Å². The lowest BCUT2D eigenvalue weighted by Crippen LogP contribution is -2.36. The zero-order chi connectivity index (χ0) is 27.3. The van der Waals surface area contributed by atoms with Crippen LogP contribution in [0.4, 0.5) is 10.5 Å². The maximum Gasteiger partial charge on any atom is 0.322 e. The highest BCUT2D eigenvalue weighted by Crippen LogP contribution is 2.21. The van der Waals surface area contributed by atoms with E-state index in [2.05, 4.69) is 108 Å². The normalized spacial score (nSPS) is 10.9. The molecule has 5 nitrogen and oxygen atoms in total. The Kier molecular flexibility index (Phi) is 10.7. The molecule has 0 unspecified atom stereocenters. The van der Waals surface area contributed by atoms with Crippen molar-refractivity contribution in [2.24, 2.45) is 0 Å². The first kappa shape index (κ1) is 28.1. The summed E-state index contributed by atoms with van der Waals surface area (Å²) >= 11 is 0. The van der Waals surface area contributed by atoms with Crippen molar-refractivity contribution in [2.45, 2.75) is 25.9 Å². The minimum atomic E-state index is -0.0722. The van der Waals surface area contributed by atoms with Crippen molar-refractivity contribution in [1.29, 1.82) is 0 Å². The summed E-state index contributed by atoms with van der Waals surface area (Å²) in [6.07, 6.45) is 1.95. The van der Waals surface area contributed by atoms with Crippen LogP contribution in [0.2, 0.25) is 0 Å². The number of anilines is 1. The van der Waals surface area contributed by atoms with Gasteiger partial charge in [0.05, 0.1) is 0 Å². The zero-order valence-corrected chi connectivity index (χ0v) is 23.1. The van der Waals surface area contributed by atoms with Crippen molar-refractivity contribution >= 4 is 11.7 Å². The average Bonchev–Trinajstić information content (AvgIpc) is 2.96. The molecule has 0 heterocycles. The highest BCUT2D eigenvalue weighted by Gasteiger charge is 2.14. The van der Waals surface area contributed by atoms with Crippen LogP contribution < -0.4 is 10.6 Å². The smallest absolute Gasteiger partial charge is 0.320 e. The van der Waals surface area contributed by atoms with E-state index < -0.39 is 0 Å². The van der Waals surface area contributed by atoms with Gasteiger partial charge in [-0.15, -0.1) is 0 Å². The van der Waals surface area contributed by atoms with Gasteiger partial charge in [-0.1, -0.05) is 97.1 Å². The highest BCUT2D eigenvalue weighted by atomic mass is 16.2.